The minimum absolute atomic E-state index is 0.294. The first-order valence-electron chi connectivity index (χ1n) is 10.6. The largest absolute Gasteiger partial charge is 0.497 e. The van der Waals surface area contributed by atoms with Gasteiger partial charge in [-0.1, -0.05) is 72.8 Å². The highest BCUT2D eigenvalue weighted by Crippen LogP contribution is 2.44. The minimum Gasteiger partial charge on any atom is -0.497 e. The van der Waals surface area contributed by atoms with Crippen LogP contribution >= 0.6 is 0 Å². The molecule has 1 N–H and O–H groups in total. The molecule has 1 heterocycles. The summed E-state index contributed by atoms with van der Waals surface area (Å²) in [5, 5.41) is 9.97. The zero-order chi connectivity index (χ0) is 23.4. The lowest BCUT2D eigenvalue weighted by molar-refractivity contribution is -0.151. The van der Waals surface area contributed by atoms with Gasteiger partial charge < -0.3 is 14.6 Å². The summed E-state index contributed by atoms with van der Waals surface area (Å²) < 4.78 is 11.3. The number of carbonyl (C=O) groups excluding carboxylic acids is 1. The Morgan fingerprint density at radius 3 is 2.09 bits per heavy atom. The average molecular weight is 443 g/mol. The number of carbonyl (C=O) groups is 2. The van der Waals surface area contributed by atoms with Crippen LogP contribution in [0.5, 0.6) is 5.75 Å². The van der Waals surface area contributed by atoms with Crippen LogP contribution in [-0.4, -0.2) is 35.1 Å². The van der Waals surface area contributed by atoms with Crippen LogP contribution in [0.2, 0.25) is 0 Å². The van der Waals surface area contributed by atoms with Crippen LogP contribution in [0.1, 0.15) is 35.9 Å². The molecular weight excluding hydrogens is 418 g/mol. The Kier molecular flexibility index (Phi) is 6.56. The Balaban J connectivity index is 1.80. The highest BCUT2D eigenvalue weighted by molar-refractivity contribution is 5.98. The summed E-state index contributed by atoms with van der Waals surface area (Å²) in [6, 6.07) is 25.0. The zero-order valence-corrected chi connectivity index (χ0v) is 18.4. The minimum atomic E-state index is -1.21. The van der Waals surface area contributed by atoms with E-state index in [1.165, 1.54) is 4.90 Å². The van der Waals surface area contributed by atoms with Crippen LogP contribution in [0.3, 0.4) is 0 Å². The lowest BCUT2D eigenvalue weighted by atomic mass is 9.99. The molecule has 0 saturated carbocycles. The third-order valence-electron chi connectivity index (χ3n) is 5.65. The van der Waals surface area contributed by atoms with Crippen molar-refractivity contribution in [1.82, 2.24) is 4.90 Å². The molecule has 3 aromatic rings. The van der Waals surface area contributed by atoms with Gasteiger partial charge in [-0.25, -0.2) is 4.79 Å². The zero-order valence-electron chi connectivity index (χ0n) is 18.4. The first-order valence-corrected chi connectivity index (χ1v) is 10.6. The molecule has 1 aliphatic rings. The first-order chi connectivity index (χ1) is 16.0. The van der Waals surface area contributed by atoms with Crippen molar-refractivity contribution >= 4 is 18.0 Å². The van der Waals surface area contributed by atoms with Gasteiger partial charge in [-0.3, -0.25) is 9.69 Å². The maximum atomic E-state index is 13.8. The van der Waals surface area contributed by atoms with Crippen LogP contribution in [0.25, 0.3) is 6.08 Å². The molecule has 1 amide bonds. The Morgan fingerprint density at radius 2 is 1.52 bits per heavy atom. The number of ether oxygens (including phenoxy) is 2. The summed E-state index contributed by atoms with van der Waals surface area (Å²) in [6.45, 7) is 1.73. The highest BCUT2D eigenvalue weighted by Gasteiger charge is 2.49. The van der Waals surface area contributed by atoms with Gasteiger partial charge in [0.2, 0.25) is 0 Å². The van der Waals surface area contributed by atoms with Gasteiger partial charge >= 0.3 is 5.97 Å². The fourth-order valence-electron chi connectivity index (χ4n) is 4.05. The average Bonchev–Trinajstić information content (AvgIpc) is 3.25. The molecule has 33 heavy (non-hydrogen) atoms. The number of rotatable bonds is 6. The van der Waals surface area contributed by atoms with Gasteiger partial charge in [0, 0.05) is 11.1 Å². The lowest BCUT2D eigenvalue weighted by Crippen LogP contribution is -2.37. The summed E-state index contributed by atoms with van der Waals surface area (Å²) >= 11 is 0. The van der Waals surface area contributed by atoms with Gasteiger partial charge in [-0.15, -0.1) is 0 Å². The molecule has 1 saturated heterocycles. The molecule has 168 valence electrons. The van der Waals surface area contributed by atoms with E-state index in [0.29, 0.717) is 22.4 Å². The van der Waals surface area contributed by atoms with Crippen molar-refractivity contribution in [2.75, 3.05) is 7.11 Å². The molecule has 3 aromatic carbocycles. The summed E-state index contributed by atoms with van der Waals surface area (Å²) in [7, 11) is 1.57. The number of nitrogens with zero attached hydrogens (tertiary/aromatic N) is 1. The second-order valence-corrected chi connectivity index (χ2v) is 7.83. The number of hydrogen-bond acceptors (Lipinski definition) is 4. The number of methoxy groups -OCH3 is 1. The van der Waals surface area contributed by atoms with Crippen LogP contribution in [0, 0.1) is 0 Å². The lowest BCUT2D eigenvalue weighted by Gasteiger charge is -2.29. The molecule has 3 atom stereocenters. The summed E-state index contributed by atoms with van der Waals surface area (Å²) in [5.41, 5.74) is 2.73. The van der Waals surface area contributed by atoms with Crippen molar-refractivity contribution in [1.29, 1.82) is 0 Å². The van der Waals surface area contributed by atoms with Gasteiger partial charge in [-0.2, -0.15) is 0 Å². The predicted octanol–water partition coefficient (Wildman–Crippen LogP) is 4.85. The van der Waals surface area contributed by atoms with Crippen molar-refractivity contribution in [3.05, 3.63) is 107 Å². The SMILES string of the molecule is COc1ccc(C2O[C@@H](C(=O)O)[C@H](c3ccccc3)N2C(=O)C(C)=Cc2ccccc2)cc1. The number of hydrogen-bond donors (Lipinski definition) is 1. The maximum Gasteiger partial charge on any atom is 0.335 e. The Bertz CT molecular complexity index is 1140. The van der Waals surface area contributed by atoms with E-state index < -0.39 is 24.3 Å². The maximum absolute atomic E-state index is 13.8. The second kappa shape index (κ2) is 9.71. The standard InChI is InChI=1S/C27H25NO5/c1-18(17-19-9-5-3-6-10-19)25(29)28-23(20-11-7-4-8-12-20)24(27(30)31)33-26(28)21-13-15-22(32-2)16-14-21/h3-17,23-24,26H,1-2H3,(H,30,31)/t23-,24+,26?/m0/s1. The van der Waals surface area contributed by atoms with E-state index in [2.05, 4.69) is 0 Å². The molecule has 0 spiro atoms. The smallest absolute Gasteiger partial charge is 0.335 e. The van der Waals surface area contributed by atoms with Crippen molar-refractivity contribution < 1.29 is 24.2 Å². The van der Waals surface area contributed by atoms with Crippen molar-refractivity contribution in [3.8, 4) is 5.75 Å². The molecule has 0 aromatic heterocycles. The Hall–Kier alpha value is -3.90. The first kappa shape index (κ1) is 22.3. The molecular formula is C27H25NO5. The van der Waals surface area contributed by atoms with E-state index in [1.54, 1.807) is 44.4 Å². The van der Waals surface area contributed by atoms with Gasteiger partial charge in [0.15, 0.2) is 12.3 Å². The van der Waals surface area contributed by atoms with Gasteiger partial charge in [0.05, 0.1) is 13.2 Å². The van der Waals surface area contributed by atoms with Crippen LogP contribution < -0.4 is 4.74 Å². The molecule has 0 bridgehead atoms. The summed E-state index contributed by atoms with van der Waals surface area (Å²) in [5.74, 6) is -0.760. The molecule has 1 fully saturated rings. The van der Waals surface area contributed by atoms with Crippen molar-refractivity contribution in [3.63, 3.8) is 0 Å². The fraction of sp³-hybridized carbons (Fsp3) is 0.185. The highest BCUT2D eigenvalue weighted by atomic mass is 16.6. The van der Waals surface area contributed by atoms with Crippen molar-refractivity contribution in [2.24, 2.45) is 0 Å². The second-order valence-electron chi connectivity index (χ2n) is 7.83. The molecule has 0 radical (unpaired) electrons. The van der Waals surface area contributed by atoms with Gasteiger partial charge in [0.1, 0.15) is 5.75 Å². The van der Waals surface area contributed by atoms with E-state index in [4.69, 9.17) is 9.47 Å². The number of benzene rings is 3. The number of carboxylic acid groups (broad SMARTS) is 1. The molecule has 6 nitrogen and oxygen atoms in total. The van der Waals surface area contributed by atoms with E-state index in [0.717, 1.165) is 5.56 Å². The van der Waals surface area contributed by atoms with E-state index in [9.17, 15) is 14.7 Å². The quantitative estimate of drug-likeness (QED) is 0.551. The van der Waals surface area contributed by atoms with Crippen LogP contribution in [-0.2, 0) is 14.3 Å². The third kappa shape index (κ3) is 4.66. The fourth-order valence-corrected chi connectivity index (χ4v) is 4.05. The predicted molar refractivity (Wildman–Crippen MR) is 124 cm³/mol. The molecule has 6 heteroatoms. The molecule has 0 aliphatic carbocycles. The van der Waals surface area contributed by atoms with Crippen LogP contribution in [0.15, 0.2) is 90.5 Å². The number of amides is 1. The number of carboxylic acids is 1. The molecule has 1 unspecified atom stereocenters. The van der Waals surface area contributed by atoms with E-state index in [-0.39, 0.29) is 5.91 Å². The number of aliphatic carboxylic acids is 1. The van der Waals surface area contributed by atoms with Gasteiger partial charge in [-0.05, 0) is 36.3 Å². The molecule has 1 aliphatic heterocycles. The Morgan fingerprint density at radius 1 is 0.909 bits per heavy atom. The van der Waals surface area contributed by atoms with E-state index >= 15 is 0 Å². The van der Waals surface area contributed by atoms with Crippen LogP contribution in [0.4, 0.5) is 0 Å². The summed E-state index contributed by atoms with van der Waals surface area (Å²) in [4.78, 5) is 27.5. The monoisotopic (exact) mass is 443 g/mol. The van der Waals surface area contributed by atoms with Crippen molar-refractivity contribution in [2.45, 2.75) is 25.3 Å². The van der Waals surface area contributed by atoms with Gasteiger partial charge in [0.25, 0.3) is 5.91 Å². The third-order valence-corrected chi connectivity index (χ3v) is 5.65. The Labute approximate surface area is 192 Å². The molecule has 4 rings (SSSR count). The van der Waals surface area contributed by atoms with E-state index in [1.807, 2.05) is 60.7 Å². The topological polar surface area (TPSA) is 76.1 Å². The normalized spacial score (nSPS) is 20.5. The summed E-state index contributed by atoms with van der Waals surface area (Å²) in [6.07, 6.45) is -0.286.